The van der Waals surface area contributed by atoms with E-state index in [1.54, 1.807) is 0 Å². The van der Waals surface area contributed by atoms with Crippen LogP contribution in [0.4, 0.5) is 0 Å². The highest BCUT2D eigenvalue weighted by Gasteiger charge is 2.23. The lowest BCUT2D eigenvalue weighted by Crippen LogP contribution is -2.22. The van der Waals surface area contributed by atoms with Gasteiger partial charge in [0.2, 0.25) is 0 Å². The van der Waals surface area contributed by atoms with Crippen molar-refractivity contribution in [2.24, 2.45) is 0 Å². The molecule has 0 saturated heterocycles. The van der Waals surface area contributed by atoms with Gasteiger partial charge in [0.1, 0.15) is 0 Å². The maximum Gasteiger partial charge on any atom is 0.0463 e. The number of rotatable bonds is 7. The van der Waals surface area contributed by atoms with Crippen LogP contribution < -0.4 is 0 Å². The summed E-state index contributed by atoms with van der Waals surface area (Å²) in [6.07, 6.45) is 8.63. The summed E-state index contributed by atoms with van der Waals surface area (Å²) in [5.41, 5.74) is 6.06. The quantitative estimate of drug-likeness (QED) is 0.574. The molecule has 3 aromatic rings. The molecule has 0 aromatic carbocycles. The summed E-state index contributed by atoms with van der Waals surface area (Å²) >= 11 is 0. The minimum atomic E-state index is -0.00967. The molecule has 3 heteroatoms. The predicted molar refractivity (Wildman–Crippen MR) is 111 cm³/mol. The number of hydrogen-bond acceptors (Lipinski definition) is 3. The Balaban J connectivity index is 1.74. The molecule has 0 N–H and O–H groups in total. The van der Waals surface area contributed by atoms with Gasteiger partial charge in [0, 0.05) is 47.0 Å². The molecular formula is C24H29N3. The molecule has 0 aliphatic carbocycles. The molecule has 0 radical (unpaired) electrons. The second-order valence-corrected chi connectivity index (χ2v) is 7.98. The van der Waals surface area contributed by atoms with Crippen LogP contribution in [0.25, 0.3) is 0 Å². The van der Waals surface area contributed by atoms with E-state index in [1.165, 1.54) is 11.1 Å². The molecule has 0 fully saturated rings. The molecule has 0 aliphatic heterocycles. The van der Waals surface area contributed by atoms with Crippen LogP contribution in [0.5, 0.6) is 0 Å². The Hall–Kier alpha value is -2.55. The molecule has 3 aromatic heterocycles. The van der Waals surface area contributed by atoms with Gasteiger partial charge in [-0.2, -0.15) is 0 Å². The van der Waals surface area contributed by atoms with Gasteiger partial charge in [-0.05, 0) is 66.8 Å². The number of aromatic nitrogens is 3. The van der Waals surface area contributed by atoms with E-state index < -0.39 is 0 Å². The highest BCUT2D eigenvalue weighted by atomic mass is 14.7. The fourth-order valence-electron chi connectivity index (χ4n) is 3.54. The molecule has 0 bridgehead atoms. The highest BCUT2D eigenvalue weighted by Crippen LogP contribution is 2.27. The molecule has 3 rings (SSSR count). The molecule has 140 valence electrons. The zero-order chi connectivity index (χ0) is 19.3. The van der Waals surface area contributed by atoms with Crippen molar-refractivity contribution in [2.75, 3.05) is 0 Å². The number of nitrogens with zero attached hydrogens (tertiary/aromatic N) is 3. The van der Waals surface area contributed by atoms with Crippen molar-refractivity contribution in [2.45, 2.75) is 58.3 Å². The Morgan fingerprint density at radius 2 is 1.67 bits per heavy atom. The zero-order valence-corrected chi connectivity index (χ0v) is 16.8. The van der Waals surface area contributed by atoms with Crippen molar-refractivity contribution in [3.8, 4) is 0 Å². The van der Waals surface area contributed by atoms with Gasteiger partial charge in [-0.25, -0.2) is 0 Å². The van der Waals surface area contributed by atoms with Crippen LogP contribution in [0.3, 0.4) is 0 Å². The molecule has 1 atom stereocenters. The Bertz CT molecular complexity index is 872. The van der Waals surface area contributed by atoms with Crippen molar-refractivity contribution >= 4 is 0 Å². The first kappa shape index (κ1) is 19.2. The van der Waals surface area contributed by atoms with Gasteiger partial charge in [0.05, 0.1) is 0 Å². The van der Waals surface area contributed by atoms with E-state index in [-0.39, 0.29) is 5.41 Å². The van der Waals surface area contributed by atoms with Crippen molar-refractivity contribution in [3.63, 3.8) is 0 Å². The molecule has 1 unspecified atom stereocenters. The summed E-state index contributed by atoms with van der Waals surface area (Å²) in [4.78, 5) is 13.6. The first-order chi connectivity index (χ1) is 13.0. The SMILES string of the molecule is CCc1cc(CC(C)c2cc(CC(C)(C)c3ccccn3)ccn2)ccn1. The average Bonchev–Trinajstić information content (AvgIpc) is 2.68. The van der Waals surface area contributed by atoms with E-state index >= 15 is 0 Å². The smallest absolute Gasteiger partial charge is 0.0463 e. The number of hydrogen-bond donors (Lipinski definition) is 0. The Morgan fingerprint density at radius 3 is 2.41 bits per heavy atom. The minimum absolute atomic E-state index is 0.00967. The van der Waals surface area contributed by atoms with Crippen molar-refractivity contribution in [3.05, 3.63) is 89.3 Å². The average molecular weight is 360 g/mol. The molecule has 27 heavy (non-hydrogen) atoms. The maximum atomic E-state index is 4.65. The van der Waals surface area contributed by atoms with E-state index in [4.69, 9.17) is 0 Å². The van der Waals surface area contributed by atoms with Gasteiger partial charge in [-0.15, -0.1) is 0 Å². The number of aryl methyl sites for hydroxylation is 1. The first-order valence-electron chi connectivity index (χ1n) is 9.78. The fraction of sp³-hybridized carbons (Fsp3) is 0.375. The third-order valence-electron chi connectivity index (χ3n) is 5.14. The molecule has 0 amide bonds. The van der Waals surface area contributed by atoms with Crippen LogP contribution in [0.1, 0.15) is 61.8 Å². The summed E-state index contributed by atoms with van der Waals surface area (Å²) in [5, 5.41) is 0. The fourth-order valence-corrected chi connectivity index (χ4v) is 3.54. The Labute approximate surface area is 162 Å². The largest absolute Gasteiger partial charge is 0.261 e. The molecular weight excluding hydrogens is 330 g/mol. The van der Waals surface area contributed by atoms with Crippen LogP contribution in [0, 0.1) is 0 Å². The monoisotopic (exact) mass is 359 g/mol. The minimum Gasteiger partial charge on any atom is -0.261 e. The summed E-state index contributed by atoms with van der Waals surface area (Å²) in [7, 11) is 0. The Kier molecular flexibility index (Phi) is 6.00. The van der Waals surface area contributed by atoms with Gasteiger partial charge in [0.15, 0.2) is 0 Å². The van der Waals surface area contributed by atoms with Gasteiger partial charge < -0.3 is 0 Å². The van der Waals surface area contributed by atoms with Crippen LogP contribution in [0.15, 0.2) is 61.1 Å². The lowest BCUT2D eigenvalue weighted by atomic mass is 9.82. The first-order valence-corrected chi connectivity index (χ1v) is 9.78. The lowest BCUT2D eigenvalue weighted by molar-refractivity contribution is 0.504. The van der Waals surface area contributed by atoms with E-state index in [0.717, 1.165) is 36.3 Å². The summed E-state index contributed by atoms with van der Waals surface area (Å²) in [6, 6.07) is 14.9. The molecule has 0 aliphatic rings. The summed E-state index contributed by atoms with van der Waals surface area (Å²) in [6.45, 7) is 8.90. The normalized spacial score (nSPS) is 12.7. The van der Waals surface area contributed by atoms with E-state index in [0.29, 0.717) is 5.92 Å². The number of pyridine rings is 3. The molecule has 3 nitrogen and oxygen atoms in total. The van der Waals surface area contributed by atoms with Crippen LogP contribution in [-0.4, -0.2) is 15.0 Å². The summed E-state index contributed by atoms with van der Waals surface area (Å²) < 4.78 is 0. The van der Waals surface area contributed by atoms with Crippen molar-refractivity contribution in [1.82, 2.24) is 15.0 Å². The predicted octanol–water partition coefficient (Wildman–Crippen LogP) is 5.30. The second kappa shape index (κ2) is 8.43. The van der Waals surface area contributed by atoms with E-state index in [1.807, 2.05) is 24.7 Å². The van der Waals surface area contributed by atoms with E-state index in [2.05, 4.69) is 79.0 Å². The highest BCUT2D eigenvalue weighted by molar-refractivity contribution is 5.26. The van der Waals surface area contributed by atoms with Gasteiger partial charge in [0.25, 0.3) is 0 Å². The van der Waals surface area contributed by atoms with Crippen LogP contribution in [-0.2, 0) is 24.7 Å². The molecule has 0 saturated carbocycles. The lowest BCUT2D eigenvalue weighted by Gasteiger charge is -2.24. The third-order valence-corrected chi connectivity index (χ3v) is 5.14. The maximum absolute atomic E-state index is 4.65. The van der Waals surface area contributed by atoms with Crippen molar-refractivity contribution in [1.29, 1.82) is 0 Å². The third kappa shape index (κ3) is 5.00. The van der Waals surface area contributed by atoms with Gasteiger partial charge in [-0.1, -0.05) is 33.8 Å². The Morgan fingerprint density at radius 1 is 0.889 bits per heavy atom. The van der Waals surface area contributed by atoms with Crippen LogP contribution in [0.2, 0.25) is 0 Å². The second-order valence-electron chi connectivity index (χ2n) is 7.98. The zero-order valence-electron chi connectivity index (χ0n) is 16.8. The van der Waals surface area contributed by atoms with Crippen molar-refractivity contribution < 1.29 is 0 Å². The molecule has 3 heterocycles. The molecule has 0 spiro atoms. The topological polar surface area (TPSA) is 38.7 Å². The standard InChI is InChI=1S/C24H29N3/c1-5-21-15-19(9-12-25-21)14-18(2)22-16-20(10-13-26-22)17-24(3,4)23-8-6-7-11-27-23/h6-13,15-16,18H,5,14,17H2,1-4H3. The van der Waals surface area contributed by atoms with Gasteiger partial charge >= 0.3 is 0 Å². The van der Waals surface area contributed by atoms with Gasteiger partial charge in [-0.3, -0.25) is 15.0 Å². The van der Waals surface area contributed by atoms with Crippen LogP contribution >= 0.6 is 0 Å². The van der Waals surface area contributed by atoms with E-state index in [9.17, 15) is 0 Å². The summed E-state index contributed by atoms with van der Waals surface area (Å²) in [5.74, 6) is 0.370.